The van der Waals surface area contributed by atoms with Crippen LogP contribution in [0.4, 0.5) is 0 Å². The summed E-state index contributed by atoms with van der Waals surface area (Å²) in [5, 5.41) is 10.3. The van der Waals surface area contributed by atoms with Crippen LogP contribution in [0.25, 0.3) is 0 Å². The molecule has 0 amide bonds. The molecule has 0 aliphatic heterocycles. The van der Waals surface area contributed by atoms with Crippen molar-refractivity contribution in [2.45, 2.75) is 12.5 Å². The second-order valence-corrected chi connectivity index (χ2v) is 2.62. The van der Waals surface area contributed by atoms with Gasteiger partial charge in [0.25, 0.3) is 0 Å². The van der Waals surface area contributed by atoms with Crippen LogP contribution in [-0.4, -0.2) is 12.0 Å². The SMILES string of the molecule is NC(Cc1ccccc1)C(=O)[O-].[Cu+]. The third-order valence-electron chi connectivity index (χ3n) is 1.60. The van der Waals surface area contributed by atoms with Crippen molar-refractivity contribution in [3.63, 3.8) is 0 Å². The van der Waals surface area contributed by atoms with Gasteiger partial charge in [0.05, 0.1) is 5.97 Å². The third kappa shape index (κ3) is 4.08. The molecule has 0 saturated heterocycles. The predicted molar refractivity (Wildman–Crippen MR) is 43.1 cm³/mol. The molecule has 0 radical (unpaired) electrons. The molecule has 0 bridgehead atoms. The van der Waals surface area contributed by atoms with E-state index in [2.05, 4.69) is 0 Å². The van der Waals surface area contributed by atoms with Crippen LogP contribution in [0.2, 0.25) is 0 Å². The average molecular weight is 228 g/mol. The van der Waals surface area contributed by atoms with E-state index in [1.54, 1.807) is 0 Å². The molecule has 74 valence electrons. The number of hydrogen-bond donors (Lipinski definition) is 1. The van der Waals surface area contributed by atoms with E-state index in [0.29, 0.717) is 6.42 Å². The molecule has 1 rings (SSSR count). The van der Waals surface area contributed by atoms with Gasteiger partial charge in [0.1, 0.15) is 0 Å². The van der Waals surface area contributed by atoms with Crippen molar-refractivity contribution in [1.82, 2.24) is 0 Å². The average Bonchev–Trinajstić information content (AvgIpc) is 2.06. The van der Waals surface area contributed by atoms with Crippen molar-refractivity contribution in [1.29, 1.82) is 0 Å². The van der Waals surface area contributed by atoms with Gasteiger partial charge in [0.15, 0.2) is 0 Å². The molecule has 0 spiro atoms. The predicted octanol–water partition coefficient (Wildman–Crippen LogP) is -0.696. The summed E-state index contributed by atoms with van der Waals surface area (Å²) >= 11 is 0. The number of benzene rings is 1. The Morgan fingerprint density at radius 3 is 2.38 bits per heavy atom. The fraction of sp³-hybridized carbons (Fsp3) is 0.222. The van der Waals surface area contributed by atoms with Gasteiger partial charge in [-0.05, 0) is 12.0 Å². The molecular formula is C9H10CuNO2. The zero-order valence-corrected chi connectivity index (χ0v) is 7.81. The van der Waals surface area contributed by atoms with E-state index in [0.717, 1.165) is 5.56 Å². The van der Waals surface area contributed by atoms with Gasteiger partial charge in [-0.3, -0.25) is 0 Å². The zero-order chi connectivity index (χ0) is 8.97. The van der Waals surface area contributed by atoms with Crippen LogP contribution in [-0.2, 0) is 28.3 Å². The number of aliphatic carboxylic acids is 1. The molecular weight excluding hydrogens is 218 g/mol. The molecule has 0 fully saturated rings. The molecule has 0 aliphatic rings. The Balaban J connectivity index is 0.00000144. The Morgan fingerprint density at radius 2 is 1.92 bits per heavy atom. The topological polar surface area (TPSA) is 66.2 Å². The standard InChI is InChI=1S/C9H11NO2.Cu/c10-8(9(11)12)6-7-4-2-1-3-5-7;/h1-5,8H,6,10H2,(H,11,12);/q;+1/p-1. The van der Waals surface area contributed by atoms with E-state index in [9.17, 15) is 9.90 Å². The maximum Gasteiger partial charge on any atom is 1.00 e. The minimum Gasteiger partial charge on any atom is -0.548 e. The number of hydrogen-bond acceptors (Lipinski definition) is 3. The molecule has 0 aliphatic carbocycles. The number of rotatable bonds is 3. The van der Waals surface area contributed by atoms with Gasteiger partial charge in [-0.2, -0.15) is 0 Å². The molecule has 1 unspecified atom stereocenters. The fourth-order valence-corrected chi connectivity index (χ4v) is 0.951. The van der Waals surface area contributed by atoms with Gasteiger partial charge in [0.2, 0.25) is 0 Å². The molecule has 0 heterocycles. The first-order valence-electron chi connectivity index (χ1n) is 3.70. The van der Waals surface area contributed by atoms with Crippen LogP contribution < -0.4 is 10.8 Å². The Labute approximate surface area is 87.4 Å². The first-order valence-corrected chi connectivity index (χ1v) is 3.70. The van der Waals surface area contributed by atoms with Gasteiger partial charge >= 0.3 is 17.1 Å². The molecule has 1 aromatic rings. The Bertz CT molecular complexity index is 264. The van der Waals surface area contributed by atoms with Crippen molar-refractivity contribution in [2.24, 2.45) is 5.73 Å². The second kappa shape index (κ2) is 5.75. The number of carbonyl (C=O) groups is 1. The number of nitrogens with two attached hydrogens (primary N) is 1. The van der Waals surface area contributed by atoms with Crippen molar-refractivity contribution < 1.29 is 27.0 Å². The van der Waals surface area contributed by atoms with Gasteiger partial charge in [-0.1, -0.05) is 30.3 Å². The zero-order valence-electron chi connectivity index (χ0n) is 6.87. The van der Waals surface area contributed by atoms with Gasteiger partial charge in [-0.15, -0.1) is 0 Å². The van der Waals surface area contributed by atoms with Crippen LogP contribution in [0.15, 0.2) is 30.3 Å². The maximum atomic E-state index is 10.3. The summed E-state index contributed by atoms with van der Waals surface area (Å²) in [7, 11) is 0. The molecule has 4 heteroatoms. The molecule has 2 N–H and O–H groups in total. The number of carbonyl (C=O) groups excluding carboxylic acids is 1. The van der Waals surface area contributed by atoms with E-state index in [4.69, 9.17) is 5.73 Å². The van der Waals surface area contributed by atoms with Crippen LogP contribution in [0.3, 0.4) is 0 Å². The van der Waals surface area contributed by atoms with E-state index in [1.165, 1.54) is 0 Å². The first-order chi connectivity index (χ1) is 5.70. The molecule has 3 nitrogen and oxygen atoms in total. The van der Waals surface area contributed by atoms with E-state index in [-0.39, 0.29) is 17.1 Å². The smallest absolute Gasteiger partial charge is 0.548 e. The summed E-state index contributed by atoms with van der Waals surface area (Å²) in [6.45, 7) is 0. The van der Waals surface area contributed by atoms with Gasteiger partial charge in [-0.25, -0.2) is 0 Å². The van der Waals surface area contributed by atoms with Gasteiger partial charge in [0, 0.05) is 6.04 Å². The molecule has 1 atom stereocenters. The first kappa shape index (κ1) is 12.2. The summed E-state index contributed by atoms with van der Waals surface area (Å²) < 4.78 is 0. The van der Waals surface area contributed by atoms with Crippen molar-refractivity contribution in [2.75, 3.05) is 0 Å². The minimum atomic E-state index is -1.21. The van der Waals surface area contributed by atoms with Crippen LogP contribution in [0.1, 0.15) is 5.56 Å². The molecule has 0 saturated carbocycles. The Kier molecular flexibility index (Phi) is 5.39. The van der Waals surface area contributed by atoms with Gasteiger partial charge < -0.3 is 15.6 Å². The quantitative estimate of drug-likeness (QED) is 0.695. The van der Waals surface area contributed by atoms with E-state index >= 15 is 0 Å². The summed E-state index contributed by atoms with van der Waals surface area (Å²) in [5.74, 6) is -1.21. The van der Waals surface area contributed by atoms with Crippen LogP contribution in [0, 0.1) is 0 Å². The van der Waals surface area contributed by atoms with Crippen LogP contribution >= 0.6 is 0 Å². The largest absolute Gasteiger partial charge is 1.00 e. The van der Waals surface area contributed by atoms with Crippen molar-refractivity contribution in [3.8, 4) is 0 Å². The molecule has 0 aromatic heterocycles. The fourth-order valence-electron chi connectivity index (χ4n) is 0.951. The van der Waals surface area contributed by atoms with E-state index < -0.39 is 12.0 Å². The number of carboxylic acids is 1. The molecule has 13 heavy (non-hydrogen) atoms. The summed E-state index contributed by atoms with van der Waals surface area (Å²) in [6.07, 6.45) is 0.323. The Hall–Kier alpha value is -0.831. The minimum absolute atomic E-state index is 0. The number of carboxylic acid groups (broad SMARTS) is 1. The Morgan fingerprint density at radius 1 is 1.38 bits per heavy atom. The monoisotopic (exact) mass is 227 g/mol. The maximum absolute atomic E-state index is 10.3. The normalized spacial score (nSPS) is 11.5. The van der Waals surface area contributed by atoms with Crippen molar-refractivity contribution >= 4 is 5.97 Å². The van der Waals surface area contributed by atoms with E-state index in [1.807, 2.05) is 30.3 Å². The summed E-state index contributed by atoms with van der Waals surface area (Å²) in [5.41, 5.74) is 6.20. The summed E-state index contributed by atoms with van der Waals surface area (Å²) in [6, 6.07) is 8.32. The molecule has 1 aromatic carbocycles. The third-order valence-corrected chi connectivity index (χ3v) is 1.60. The second-order valence-electron chi connectivity index (χ2n) is 2.62. The summed E-state index contributed by atoms with van der Waals surface area (Å²) in [4.78, 5) is 10.3. The van der Waals surface area contributed by atoms with Crippen molar-refractivity contribution in [3.05, 3.63) is 35.9 Å². The van der Waals surface area contributed by atoms with Crippen LogP contribution in [0.5, 0.6) is 0 Å².